The van der Waals surface area contributed by atoms with Crippen LogP contribution in [0.25, 0.3) is 32.7 Å². The van der Waals surface area contributed by atoms with E-state index in [1.807, 2.05) is 49.4 Å². The fourth-order valence-corrected chi connectivity index (χ4v) is 6.29. The van der Waals surface area contributed by atoms with Gasteiger partial charge >= 0.3 is 11.4 Å². The van der Waals surface area contributed by atoms with Crippen LogP contribution in [0.3, 0.4) is 0 Å². The van der Waals surface area contributed by atoms with Crippen LogP contribution < -0.4 is 26.5 Å². The molecule has 0 bridgehead atoms. The van der Waals surface area contributed by atoms with Crippen molar-refractivity contribution < 1.29 is 18.8 Å². The summed E-state index contributed by atoms with van der Waals surface area (Å²) < 4.78 is 18.2. The van der Waals surface area contributed by atoms with Crippen molar-refractivity contribution in [3.8, 4) is 34.0 Å². The summed E-state index contributed by atoms with van der Waals surface area (Å²) in [6, 6.07) is 21.3. The van der Waals surface area contributed by atoms with E-state index in [9.17, 15) is 19.2 Å². The number of aromatic nitrogens is 4. The van der Waals surface area contributed by atoms with Gasteiger partial charge in [0.1, 0.15) is 16.3 Å². The molecule has 0 unspecified atom stereocenters. The van der Waals surface area contributed by atoms with Crippen molar-refractivity contribution in [1.82, 2.24) is 19.3 Å². The van der Waals surface area contributed by atoms with E-state index in [1.54, 1.807) is 30.3 Å². The third kappa shape index (κ3) is 6.52. The van der Waals surface area contributed by atoms with Crippen LogP contribution in [-0.2, 0) is 19.5 Å². The van der Waals surface area contributed by atoms with Gasteiger partial charge in [-0.25, -0.2) is 9.59 Å². The number of carbonyl (C=O) groups is 1. The second-order valence-electron chi connectivity index (χ2n) is 10.2. The molecule has 11 nitrogen and oxygen atoms in total. The number of fused-ring (bicyclic) bond motifs is 1. The first-order valence-corrected chi connectivity index (χ1v) is 14.9. The molecule has 0 aliphatic heterocycles. The Bertz CT molecular complexity index is 2230. The molecule has 0 amide bonds. The van der Waals surface area contributed by atoms with E-state index in [4.69, 9.17) is 14.0 Å². The van der Waals surface area contributed by atoms with Gasteiger partial charge in [0.05, 0.1) is 32.7 Å². The van der Waals surface area contributed by atoms with Gasteiger partial charge in [-0.15, -0.1) is 11.3 Å². The Labute approximate surface area is 308 Å². The van der Waals surface area contributed by atoms with Crippen LogP contribution in [-0.4, -0.2) is 90.7 Å². The fourth-order valence-electron chi connectivity index (χ4n) is 5.22. The van der Waals surface area contributed by atoms with Crippen LogP contribution in [0.4, 0.5) is 0 Å². The summed E-state index contributed by atoms with van der Waals surface area (Å²) >= 11 is 1.38. The Morgan fingerprint density at radius 3 is 2.33 bits per heavy atom. The number of carbonyl (C=O) groups excluding carboxylic acids is 1. The summed E-state index contributed by atoms with van der Waals surface area (Å²) in [4.78, 5) is 56.3. The summed E-state index contributed by atoms with van der Waals surface area (Å²) in [7, 11) is 3.07. The zero-order valence-electron chi connectivity index (χ0n) is 25.7. The van der Waals surface area contributed by atoms with E-state index in [-0.39, 0.29) is 63.7 Å². The smallest absolute Gasteiger partial charge is 0.439 e. The minimum Gasteiger partial charge on any atom is -0.497 e. The molecular weight excluding hydrogens is 636 g/mol. The van der Waals surface area contributed by atoms with Gasteiger partial charge in [-0.05, 0) is 53.9 Å². The van der Waals surface area contributed by atoms with Crippen LogP contribution in [0.15, 0.2) is 91.7 Å². The Kier molecular flexibility index (Phi) is 10.4. The number of nitrogens with zero attached hydrogens (tertiary/aromatic N) is 3. The Morgan fingerprint density at radius 1 is 0.935 bits per heavy atom. The Balaban J connectivity index is 0.00000417. The number of hydrogen-bond acceptors (Lipinski definition) is 9. The molecule has 0 atom stereocenters. The van der Waals surface area contributed by atoms with E-state index >= 15 is 0 Å². The number of ketones is 1. The molecule has 46 heavy (non-hydrogen) atoms. The predicted molar refractivity (Wildman–Crippen MR) is 176 cm³/mol. The third-order valence-electron chi connectivity index (χ3n) is 7.56. The number of H-pyrrole nitrogens is 1. The van der Waals surface area contributed by atoms with Gasteiger partial charge < -0.3 is 9.47 Å². The maximum atomic E-state index is 13.9. The molecule has 6 aromatic rings. The normalized spacial score (nSPS) is 10.9. The van der Waals surface area contributed by atoms with E-state index in [0.29, 0.717) is 50.7 Å². The first-order chi connectivity index (χ1) is 21.8. The van der Waals surface area contributed by atoms with Crippen molar-refractivity contribution >= 4 is 78.7 Å². The van der Waals surface area contributed by atoms with Crippen molar-refractivity contribution in [2.75, 3.05) is 14.2 Å². The van der Waals surface area contributed by atoms with E-state index in [1.165, 1.54) is 30.1 Å². The SMILES string of the molecule is CCc1cc2c(=O)n(CC(=O)c3ccc(OC)cc3)c(=O)n(Cc3ccc(-c4ccccc4-c4noc(=O)[nH]4)cc3OC)c2s1.[K]. The molecule has 3 aromatic carbocycles. The number of rotatable bonds is 10. The van der Waals surface area contributed by atoms with Crippen molar-refractivity contribution in [3.63, 3.8) is 0 Å². The second kappa shape index (κ2) is 14.3. The number of methoxy groups -OCH3 is 2. The summed E-state index contributed by atoms with van der Waals surface area (Å²) in [5.74, 6) is 0.368. The molecule has 3 heterocycles. The zero-order valence-corrected chi connectivity index (χ0v) is 29.6. The molecule has 3 aromatic heterocycles. The third-order valence-corrected chi connectivity index (χ3v) is 8.86. The van der Waals surface area contributed by atoms with Gasteiger partial charge in [-0.2, -0.15) is 0 Å². The number of aromatic amines is 1. The minimum absolute atomic E-state index is 0. The molecule has 0 saturated carbocycles. The molecule has 0 fully saturated rings. The monoisotopic (exact) mass is 663 g/mol. The molecule has 229 valence electrons. The van der Waals surface area contributed by atoms with Crippen LogP contribution in [0, 0.1) is 0 Å². The quantitative estimate of drug-likeness (QED) is 0.169. The first-order valence-electron chi connectivity index (χ1n) is 14.1. The number of benzene rings is 3. The standard InChI is InChI=1S/C33H28N4O7S.K/c1-4-23-16-26-30(39)36(18-27(38)19-11-13-22(42-2)14-12-19)33(41)37(31(26)45-23)17-21-10-9-20(15-28(21)43-3)24-7-5-6-8-25(24)29-34-32(40)44-35-29;/h5-16H,4,17-18H2,1-3H3,(H,34,35,40);. The van der Waals surface area contributed by atoms with E-state index < -0.39 is 23.5 Å². The average Bonchev–Trinajstić information content (AvgIpc) is 3.71. The molecule has 0 saturated heterocycles. The van der Waals surface area contributed by atoms with Gasteiger partial charge in [0, 0.05) is 73.0 Å². The van der Waals surface area contributed by atoms with Crippen molar-refractivity contribution in [2.24, 2.45) is 0 Å². The number of aryl methyl sites for hydroxylation is 1. The van der Waals surface area contributed by atoms with Crippen LogP contribution in [0.1, 0.15) is 27.7 Å². The summed E-state index contributed by atoms with van der Waals surface area (Å²) in [5.41, 5.74) is 2.18. The molecule has 0 aliphatic carbocycles. The predicted octanol–water partition coefficient (Wildman–Crippen LogP) is 4.37. The molecule has 1 radical (unpaired) electrons. The molecular formula is C33H28KN4O7S. The zero-order chi connectivity index (χ0) is 31.7. The summed E-state index contributed by atoms with van der Waals surface area (Å²) in [6.45, 7) is 1.67. The Morgan fingerprint density at radius 2 is 1.67 bits per heavy atom. The molecule has 13 heteroatoms. The molecule has 0 aliphatic rings. The number of thiophene rings is 1. The van der Waals surface area contributed by atoms with E-state index in [0.717, 1.165) is 20.6 Å². The van der Waals surface area contributed by atoms with Crippen LogP contribution in [0.5, 0.6) is 11.5 Å². The molecule has 0 spiro atoms. The van der Waals surface area contributed by atoms with Crippen molar-refractivity contribution in [3.05, 3.63) is 120 Å². The van der Waals surface area contributed by atoms with Crippen molar-refractivity contribution in [1.29, 1.82) is 0 Å². The average molecular weight is 664 g/mol. The second-order valence-corrected chi connectivity index (χ2v) is 11.3. The largest absolute Gasteiger partial charge is 0.497 e. The van der Waals surface area contributed by atoms with Gasteiger partial charge in [-0.1, -0.05) is 48.5 Å². The van der Waals surface area contributed by atoms with Crippen LogP contribution in [0.2, 0.25) is 0 Å². The van der Waals surface area contributed by atoms with E-state index in [2.05, 4.69) is 10.1 Å². The first kappa shape index (κ1) is 33.5. The van der Waals surface area contributed by atoms with Crippen LogP contribution >= 0.6 is 11.3 Å². The maximum Gasteiger partial charge on any atom is 0.439 e. The Hall–Kier alpha value is -3.85. The van der Waals surface area contributed by atoms with Gasteiger partial charge in [0.2, 0.25) is 0 Å². The molecule has 6 rings (SSSR count). The number of ether oxygens (including phenoxy) is 2. The molecule has 1 N–H and O–H groups in total. The van der Waals surface area contributed by atoms with Gasteiger partial charge in [0.25, 0.3) is 5.56 Å². The van der Waals surface area contributed by atoms with Crippen molar-refractivity contribution in [2.45, 2.75) is 26.4 Å². The summed E-state index contributed by atoms with van der Waals surface area (Å²) in [5, 5.41) is 4.21. The summed E-state index contributed by atoms with van der Waals surface area (Å²) in [6.07, 6.45) is 0.686. The topological polar surface area (TPSA) is 138 Å². The maximum absolute atomic E-state index is 13.9. The number of nitrogens with one attached hydrogen (secondary N) is 1. The fraction of sp³-hybridized carbons (Fsp3) is 0.182. The number of hydrogen-bond donors (Lipinski definition) is 1. The minimum atomic E-state index is -0.656. The van der Waals surface area contributed by atoms with Gasteiger partial charge in [-0.3, -0.25) is 28.2 Å². The van der Waals surface area contributed by atoms with Gasteiger partial charge in [0.15, 0.2) is 11.6 Å². The number of Topliss-reactive ketones (excluding diaryl/α,β-unsaturated/α-hetero) is 1.